The van der Waals surface area contributed by atoms with Crippen molar-refractivity contribution in [3.05, 3.63) is 16.0 Å². The van der Waals surface area contributed by atoms with Gasteiger partial charge in [-0.3, -0.25) is 0 Å². The second-order valence-corrected chi connectivity index (χ2v) is 5.15. The summed E-state index contributed by atoms with van der Waals surface area (Å²) < 4.78 is 4.78. The monoisotopic (exact) mass is 241 g/mol. The molecule has 2 rings (SSSR count). The molecule has 0 amide bonds. The summed E-state index contributed by atoms with van der Waals surface area (Å²) >= 11 is 1.54. The maximum absolute atomic E-state index is 11.6. The Balaban J connectivity index is 2.36. The molecule has 1 unspecified atom stereocenters. The number of rotatable bonds is 2. The van der Waals surface area contributed by atoms with Crippen molar-refractivity contribution in [2.45, 2.75) is 19.9 Å². The van der Waals surface area contributed by atoms with Crippen molar-refractivity contribution in [3.8, 4) is 0 Å². The van der Waals surface area contributed by atoms with Crippen LogP contribution < -0.4 is 10.6 Å². The highest BCUT2D eigenvalue weighted by Gasteiger charge is 2.28. The van der Waals surface area contributed by atoms with Crippen molar-refractivity contribution in [2.24, 2.45) is 0 Å². The van der Waals surface area contributed by atoms with Crippen LogP contribution in [-0.2, 0) is 17.7 Å². The van der Waals surface area contributed by atoms with Gasteiger partial charge in [-0.2, -0.15) is 0 Å². The summed E-state index contributed by atoms with van der Waals surface area (Å²) in [6.45, 7) is 5.35. The lowest BCUT2D eigenvalue weighted by Crippen LogP contribution is -3.11. The first-order valence-electron chi connectivity index (χ1n) is 5.49. The molecule has 0 radical (unpaired) electrons. The van der Waals surface area contributed by atoms with E-state index in [0.717, 1.165) is 31.6 Å². The highest BCUT2D eigenvalue weighted by molar-refractivity contribution is 7.16. The highest BCUT2D eigenvalue weighted by atomic mass is 32.1. The summed E-state index contributed by atoms with van der Waals surface area (Å²) in [5.74, 6) is -0.296. The molecule has 0 saturated carbocycles. The van der Waals surface area contributed by atoms with E-state index in [1.165, 1.54) is 23.3 Å². The number of esters is 1. The molecule has 4 nitrogen and oxygen atoms in total. The number of nitrogens with one attached hydrogen (secondary N) is 1. The minimum absolute atomic E-state index is 0.296. The number of hydrogen-bond donors (Lipinski definition) is 2. The largest absolute Gasteiger partial charge is 0.465 e. The molecule has 0 spiro atoms. The van der Waals surface area contributed by atoms with Gasteiger partial charge in [0.25, 0.3) is 0 Å². The summed E-state index contributed by atoms with van der Waals surface area (Å²) in [6.07, 6.45) is 0.927. The average molecular weight is 241 g/mol. The highest BCUT2D eigenvalue weighted by Crippen LogP contribution is 2.32. The predicted molar refractivity (Wildman–Crippen MR) is 63.8 cm³/mol. The summed E-state index contributed by atoms with van der Waals surface area (Å²) in [5.41, 5.74) is 7.62. The molecule has 1 aliphatic rings. The molecule has 0 fully saturated rings. The van der Waals surface area contributed by atoms with Crippen molar-refractivity contribution < 1.29 is 14.4 Å². The van der Waals surface area contributed by atoms with Gasteiger partial charge in [-0.25, -0.2) is 4.79 Å². The Morgan fingerprint density at radius 1 is 1.62 bits per heavy atom. The van der Waals surface area contributed by atoms with Crippen LogP contribution in [-0.4, -0.2) is 26.2 Å². The third kappa shape index (κ3) is 1.81. The van der Waals surface area contributed by atoms with Crippen molar-refractivity contribution in [1.82, 2.24) is 0 Å². The zero-order valence-electron chi connectivity index (χ0n) is 9.63. The third-order valence-corrected chi connectivity index (χ3v) is 4.21. The van der Waals surface area contributed by atoms with Crippen LogP contribution in [0.15, 0.2) is 0 Å². The first-order chi connectivity index (χ1) is 7.67. The fourth-order valence-electron chi connectivity index (χ4n) is 2.19. The Hall–Kier alpha value is -1.07. The van der Waals surface area contributed by atoms with E-state index in [-0.39, 0.29) is 5.97 Å². The number of ether oxygens (including phenoxy) is 1. The van der Waals surface area contributed by atoms with Gasteiger partial charge in [-0.05, 0) is 12.5 Å². The number of hydrogen-bond acceptors (Lipinski definition) is 4. The van der Waals surface area contributed by atoms with Gasteiger partial charge in [-0.1, -0.05) is 0 Å². The third-order valence-electron chi connectivity index (χ3n) is 3.15. The van der Waals surface area contributed by atoms with Crippen LogP contribution in [0, 0.1) is 0 Å². The molecule has 0 bridgehead atoms. The smallest absolute Gasteiger partial charge is 0.341 e. The van der Waals surface area contributed by atoms with Crippen LogP contribution in [0.25, 0.3) is 0 Å². The van der Waals surface area contributed by atoms with Crippen molar-refractivity contribution in [2.75, 3.05) is 25.9 Å². The summed E-state index contributed by atoms with van der Waals surface area (Å²) in [4.78, 5) is 14.4. The average Bonchev–Trinajstić information content (AvgIpc) is 2.62. The van der Waals surface area contributed by atoms with E-state index >= 15 is 0 Å². The predicted octanol–water partition coefficient (Wildman–Crippen LogP) is 0.0778. The number of quaternary nitrogens is 1. The van der Waals surface area contributed by atoms with Gasteiger partial charge in [0, 0.05) is 6.42 Å². The number of anilines is 1. The Bertz CT molecular complexity index is 414. The van der Waals surface area contributed by atoms with Gasteiger partial charge < -0.3 is 15.4 Å². The van der Waals surface area contributed by atoms with E-state index in [1.54, 1.807) is 4.90 Å². The molecule has 2 heterocycles. The first kappa shape index (κ1) is 11.4. The van der Waals surface area contributed by atoms with E-state index in [4.69, 9.17) is 10.5 Å². The lowest BCUT2D eigenvalue weighted by Gasteiger charge is -2.22. The summed E-state index contributed by atoms with van der Waals surface area (Å²) in [6, 6.07) is 0. The number of likely N-dealkylation sites (N-methyl/N-ethyl adjacent to an activating group) is 1. The Kier molecular flexibility index (Phi) is 3.16. The maximum atomic E-state index is 11.6. The zero-order chi connectivity index (χ0) is 11.7. The second-order valence-electron chi connectivity index (χ2n) is 4.01. The van der Waals surface area contributed by atoms with Crippen molar-refractivity contribution in [3.63, 3.8) is 0 Å². The number of fused-ring (bicyclic) bond motifs is 1. The van der Waals surface area contributed by atoms with Gasteiger partial charge in [-0.15, -0.1) is 11.3 Å². The standard InChI is InChI=1S/C11H16N2O2S/c1-3-13-5-4-7-8(6-13)16-10(12)9(7)11(14)15-2/h3-6,12H2,1-2H3/p+1. The zero-order valence-corrected chi connectivity index (χ0v) is 10.4. The van der Waals surface area contributed by atoms with Gasteiger partial charge in [0.2, 0.25) is 0 Å². The van der Waals surface area contributed by atoms with E-state index in [0.29, 0.717) is 10.6 Å². The number of thiophene rings is 1. The number of methoxy groups -OCH3 is 1. The molecule has 1 aliphatic heterocycles. The van der Waals surface area contributed by atoms with E-state index in [1.807, 2.05) is 0 Å². The quantitative estimate of drug-likeness (QED) is 0.721. The number of nitrogen functional groups attached to an aromatic ring is 1. The van der Waals surface area contributed by atoms with Crippen molar-refractivity contribution >= 4 is 22.3 Å². The molecular weight excluding hydrogens is 224 g/mol. The Morgan fingerprint density at radius 2 is 2.38 bits per heavy atom. The van der Waals surface area contributed by atoms with Crippen LogP contribution in [0.1, 0.15) is 27.7 Å². The minimum atomic E-state index is -0.296. The SMILES string of the molecule is CC[NH+]1CCc2c(sc(N)c2C(=O)OC)C1. The molecule has 88 valence electrons. The fraction of sp³-hybridized carbons (Fsp3) is 0.545. The van der Waals surface area contributed by atoms with Crippen LogP contribution in [0.2, 0.25) is 0 Å². The second kappa shape index (κ2) is 4.43. The summed E-state index contributed by atoms with van der Waals surface area (Å²) in [7, 11) is 1.40. The lowest BCUT2D eigenvalue weighted by molar-refractivity contribution is -0.913. The molecule has 0 aliphatic carbocycles. The van der Waals surface area contributed by atoms with Crippen LogP contribution in [0.4, 0.5) is 5.00 Å². The molecule has 5 heteroatoms. The van der Waals surface area contributed by atoms with Gasteiger partial charge in [0.15, 0.2) is 0 Å². The van der Waals surface area contributed by atoms with Crippen molar-refractivity contribution in [1.29, 1.82) is 0 Å². The van der Waals surface area contributed by atoms with Crippen LogP contribution in [0.5, 0.6) is 0 Å². The Morgan fingerprint density at radius 3 is 3.00 bits per heavy atom. The fourth-order valence-corrected chi connectivity index (χ4v) is 3.36. The van der Waals surface area contributed by atoms with E-state index in [9.17, 15) is 4.79 Å². The number of nitrogens with two attached hydrogens (primary N) is 1. The van der Waals surface area contributed by atoms with Gasteiger partial charge >= 0.3 is 5.97 Å². The van der Waals surface area contributed by atoms with Crippen LogP contribution in [0.3, 0.4) is 0 Å². The molecular formula is C11H17N2O2S+. The minimum Gasteiger partial charge on any atom is -0.465 e. The molecule has 1 aromatic heterocycles. The van der Waals surface area contributed by atoms with Gasteiger partial charge in [0.05, 0.1) is 30.6 Å². The topological polar surface area (TPSA) is 56.8 Å². The van der Waals surface area contributed by atoms with E-state index in [2.05, 4.69) is 6.92 Å². The Labute approximate surface area is 99.0 Å². The number of carbonyl (C=O) groups is 1. The molecule has 1 atom stereocenters. The summed E-state index contributed by atoms with van der Waals surface area (Å²) in [5, 5.41) is 0.606. The lowest BCUT2D eigenvalue weighted by atomic mass is 10.0. The maximum Gasteiger partial charge on any atom is 0.341 e. The number of carbonyl (C=O) groups excluding carboxylic acids is 1. The molecule has 1 aromatic rings. The molecule has 16 heavy (non-hydrogen) atoms. The van der Waals surface area contributed by atoms with E-state index < -0.39 is 0 Å². The normalized spacial score (nSPS) is 19.2. The molecule has 3 N–H and O–H groups in total. The van der Waals surface area contributed by atoms with Gasteiger partial charge in [0.1, 0.15) is 11.5 Å². The first-order valence-corrected chi connectivity index (χ1v) is 6.30. The molecule has 0 aromatic carbocycles. The van der Waals surface area contributed by atoms with Crippen LogP contribution >= 0.6 is 11.3 Å². The molecule has 0 saturated heterocycles.